The maximum Gasteiger partial charge on any atom is 0.247 e. The smallest absolute Gasteiger partial charge is 0.247 e. The standard InChI is InChI=1S/C15H22N4O2/c20-14-11-13(16-8-10-18-9-4-7-17-18)15(21)19(14)12-5-2-1-3-6-12/h4,7,9,12-13,16H,1-3,5-6,8,10-11H2. The van der Waals surface area contributed by atoms with Crippen LogP contribution in [-0.2, 0) is 16.1 Å². The molecule has 2 amide bonds. The molecule has 6 nitrogen and oxygen atoms in total. The van der Waals surface area contributed by atoms with Crippen molar-refractivity contribution in [3.63, 3.8) is 0 Å². The first-order chi connectivity index (χ1) is 10.3. The molecule has 1 atom stereocenters. The molecule has 1 aliphatic carbocycles. The summed E-state index contributed by atoms with van der Waals surface area (Å²) in [5.74, 6) is -0.0455. The van der Waals surface area contributed by atoms with E-state index in [9.17, 15) is 9.59 Å². The van der Waals surface area contributed by atoms with Gasteiger partial charge >= 0.3 is 0 Å². The third-order valence-corrected chi connectivity index (χ3v) is 4.41. The van der Waals surface area contributed by atoms with Crippen LogP contribution in [0.15, 0.2) is 18.5 Å². The lowest BCUT2D eigenvalue weighted by Crippen LogP contribution is -2.45. The molecular weight excluding hydrogens is 268 g/mol. The Labute approximate surface area is 124 Å². The van der Waals surface area contributed by atoms with Crippen molar-refractivity contribution in [2.24, 2.45) is 0 Å². The fraction of sp³-hybridized carbons (Fsp3) is 0.667. The van der Waals surface area contributed by atoms with E-state index in [0.29, 0.717) is 19.5 Å². The molecule has 2 aliphatic rings. The van der Waals surface area contributed by atoms with Crippen molar-refractivity contribution >= 4 is 11.8 Å². The van der Waals surface area contributed by atoms with Crippen LogP contribution in [-0.4, -0.2) is 45.1 Å². The minimum absolute atomic E-state index is 0.0107. The van der Waals surface area contributed by atoms with E-state index in [2.05, 4.69) is 10.4 Å². The molecule has 1 N–H and O–H groups in total. The molecular formula is C15H22N4O2. The second kappa shape index (κ2) is 6.39. The number of amides is 2. The summed E-state index contributed by atoms with van der Waals surface area (Å²) in [4.78, 5) is 26.1. The van der Waals surface area contributed by atoms with Crippen molar-refractivity contribution in [3.8, 4) is 0 Å². The summed E-state index contributed by atoms with van der Waals surface area (Å²) in [6, 6.07) is 1.65. The van der Waals surface area contributed by atoms with Gasteiger partial charge in [-0.2, -0.15) is 5.10 Å². The molecule has 6 heteroatoms. The van der Waals surface area contributed by atoms with Gasteiger partial charge in [0.25, 0.3) is 0 Å². The van der Waals surface area contributed by atoms with Gasteiger partial charge in [-0.25, -0.2) is 0 Å². The Bertz CT molecular complexity index is 494. The number of hydrogen-bond donors (Lipinski definition) is 1. The van der Waals surface area contributed by atoms with Crippen LogP contribution in [0.2, 0.25) is 0 Å². The van der Waals surface area contributed by atoms with E-state index in [1.165, 1.54) is 11.3 Å². The Morgan fingerprint density at radius 3 is 2.76 bits per heavy atom. The molecule has 1 unspecified atom stereocenters. The molecule has 1 saturated carbocycles. The molecule has 114 valence electrons. The minimum atomic E-state index is -0.352. The van der Waals surface area contributed by atoms with Gasteiger partial charge in [0.1, 0.15) is 0 Å². The van der Waals surface area contributed by atoms with Crippen molar-refractivity contribution in [1.82, 2.24) is 20.0 Å². The number of imide groups is 1. The van der Waals surface area contributed by atoms with Crippen LogP contribution in [0, 0.1) is 0 Å². The quantitative estimate of drug-likeness (QED) is 0.819. The SMILES string of the molecule is O=C1CC(NCCn2cccn2)C(=O)N1C1CCCCC1. The fourth-order valence-corrected chi connectivity index (χ4v) is 3.32. The summed E-state index contributed by atoms with van der Waals surface area (Å²) in [7, 11) is 0. The summed E-state index contributed by atoms with van der Waals surface area (Å²) >= 11 is 0. The van der Waals surface area contributed by atoms with Crippen molar-refractivity contribution in [1.29, 1.82) is 0 Å². The van der Waals surface area contributed by atoms with Gasteiger partial charge < -0.3 is 5.32 Å². The number of hydrogen-bond acceptors (Lipinski definition) is 4. The number of likely N-dealkylation sites (tertiary alicyclic amines) is 1. The Morgan fingerprint density at radius 2 is 2.05 bits per heavy atom. The van der Waals surface area contributed by atoms with E-state index in [-0.39, 0.29) is 23.9 Å². The summed E-state index contributed by atoms with van der Waals surface area (Å²) in [5, 5.41) is 7.31. The van der Waals surface area contributed by atoms with Crippen LogP contribution in [0.5, 0.6) is 0 Å². The van der Waals surface area contributed by atoms with E-state index in [4.69, 9.17) is 0 Å². The van der Waals surface area contributed by atoms with Crippen LogP contribution >= 0.6 is 0 Å². The molecule has 1 aromatic rings. The van der Waals surface area contributed by atoms with E-state index < -0.39 is 0 Å². The van der Waals surface area contributed by atoms with E-state index in [1.807, 2.05) is 16.9 Å². The van der Waals surface area contributed by atoms with Gasteiger partial charge in [0.2, 0.25) is 11.8 Å². The Kier molecular flexibility index (Phi) is 4.34. The molecule has 21 heavy (non-hydrogen) atoms. The van der Waals surface area contributed by atoms with Gasteiger partial charge in [0.15, 0.2) is 0 Å². The van der Waals surface area contributed by atoms with Crippen molar-refractivity contribution in [2.75, 3.05) is 6.54 Å². The highest BCUT2D eigenvalue weighted by atomic mass is 16.2. The average molecular weight is 290 g/mol. The first-order valence-corrected chi connectivity index (χ1v) is 7.82. The largest absolute Gasteiger partial charge is 0.304 e. The molecule has 0 spiro atoms. The zero-order chi connectivity index (χ0) is 14.7. The van der Waals surface area contributed by atoms with Crippen LogP contribution < -0.4 is 5.32 Å². The highest BCUT2D eigenvalue weighted by Crippen LogP contribution is 2.27. The van der Waals surface area contributed by atoms with Gasteiger partial charge in [0.05, 0.1) is 19.0 Å². The lowest BCUT2D eigenvalue weighted by molar-refractivity contribution is -0.142. The molecule has 1 saturated heterocycles. The minimum Gasteiger partial charge on any atom is -0.304 e. The van der Waals surface area contributed by atoms with Crippen LogP contribution in [0.1, 0.15) is 38.5 Å². The summed E-state index contributed by atoms with van der Waals surface area (Å²) < 4.78 is 1.81. The van der Waals surface area contributed by atoms with Crippen LogP contribution in [0.4, 0.5) is 0 Å². The molecule has 0 bridgehead atoms. The van der Waals surface area contributed by atoms with Gasteiger partial charge in [0, 0.05) is 25.0 Å². The Hall–Kier alpha value is -1.69. The van der Waals surface area contributed by atoms with Crippen LogP contribution in [0.3, 0.4) is 0 Å². The van der Waals surface area contributed by atoms with Crippen molar-refractivity contribution < 1.29 is 9.59 Å². The first kappa shape index (κ1) is 14.3. The van der Waals surface area contributed by atoms with Crippen molar-refractivity contribution in [3.05, 3.63) is 18.5 Å². The molecule has 1 aromatic heterocycles. The third-order valence-electron chi connectivity index (χ3n) is 4.41. The molecule has 2 fully saturated rings. The Morgan fingerprint density at radius 1 is 1.24 bits per heavy atom. The number of rotatable bonds is 5. The van der Waals surface area contributed by atoms with Gasteiger partial charge in [-0.05, 0) is 18.9 Å². The fourth-order valence-electron chi connectivity index (χ4n) is 3.32. The number of nitrogens with zero attached hydrogens (tertiary/aromatic N) is 3. The molecule has 0 radical (unpaired) electrons. The maximum absolute atomic E-state index is 12.4. The lowest BCUT2D eigenvalue weighted by atomic mass is 9.94. The predicted molar refractivity (Wildman–Crippen MR) is 77.4 cm³/mol. The van der Waals surface area contributed by atoms with Gasteiger partial charge in [-0.3, -0.25) is 19.2 Å². The summed E-state index contributed by atoms with van der Waals surface area (Å²) in [5.41, 5.74) is 0. The Balaban J connectivity index is 1.53. The molecule has 0 aromatic carbocycles. The normalized spacial score (nSPS) is 24.0. The number of nitrogens with one attached hydrogen (secondary N) is 1. The maximum atomic E-state index is 12.4. The number of carbonyl (C=O) groups excluding carboxylic acids is 2. The monoisotopic (exact) mass is 290 g/mol. The molecule has 1 aliphatic heterocycles. The van der Waals surface area contributed by atoms with E-state index in [1.54, 1.807) is 6.20 Å². The van der Waals surface area contributed by atoms with Crippen molar-refractivity contribution in [2.45, 2.75) is 57.2 Å². The van der Waals surface area contributed by atoms with Crippen LogP contribution in [0.25, 0.3) is 0 Å². The highest BCUT2D eigenvalue weighted by molar-refractivity contribution is 6.05. The summed E-state index contributed by atoms with van der Waals surface area (Å²) in [6.07, 6.45) is 9.33. The average Bonchev–Trinajstić information content (AvgIpc) is 3.09. The number of carbonyl (C=O) groups is 2. The third kappa shape index (κ3) is 3.15. The molecule has 2 heterocycles. The molecule has 3 rings (SSSR count). The van der Waals surface area contributed by atoms with E-state index >= 15 is 0 Å². The zero-order valence-corrected chi connectivity index (χ0v) is 12.2. The topological polar surface area (TPSA) is 67.2 Å². The summed E-state index contributed by atoms with van der Waals surface area (Å²) in [6.45, 7) is 1.35. The lowest BCUT2D eigenvalue weighted by Gasteiger charge is -2.29. The first-order valence-electron chi connectivity index (χ1n) is 7.82. The van der Waals surface area contributed by atoms with Gasteiger partial charge in [-0.1, -0.05) is 19.3 Å². The second-order valence-electron chi connectivity index (χ2n) is 5.87. The van der Waals surface area contributed by atoms with Gasteiger partial charge in [-0.15, -0.1) is 0 Å². The zero-order valence-electron chi connectivity index (χ0n) is 12.2. The highest BCUT2D eigenvalue weighted by Gasteiger charge is 2.42. The van der Waals surface area contributed by atoms with E-state index in [0.717, 1.165) is 25.7 Å². The predicted octanol–water partition coefficient (Wildman–Crippen LogP) is 0.933. The number of aromatic nitrogens is 2. The second-order valence-corrected chi connectivity index (χ2v) is 5.87.